The zero-order chi connectivity index (χ0) is 15.9. The lowest BCUT2D eigenvalue weighted by molar-refractivity contribution is 0.355. The average Bonchev–Trinajstić information content (AvgIpc) is 3.13. The van der Waals surface area contributed by atoms with Crippen LogP contribution in [0.5, 0.6) is 0 Å². The summed E-state index contributed by atoms with van der Waals surface area (Å²) in [5.41, 5.74) is 1.38. The van der Waals surface area contributed by atoms with Crippen LogP contribution in [0, 0.1) is 5.41 Å². The fourth-order valence-corrected chi connectivity index (χ4v) is 3.45. The molecule has 23 heavy (non-hydrogen) atoms. The number of nitrogens with zero attached hydrogens (tertiary/aromatic N) is 2. The van der Waals surface area contributed by atoms with Gasteiger partial charge in [0.1, 0.15) is 0 Å². The van der Waals surface area contributed by atoms with Crippen molar-refractivity contribution in [3.05, 3.63) is 48.4 Å². The molecule has 3 aromatic rings. The van der Waals surface area contributed by atoms with Crippen LogP contribution in [-0.2, 0) is 6.42 Å². The van der Waals surface area contributed by atoms with Crippen LogP contribution in [0.4, 0.5) is 0 Å². The molecule has 1 atom stereocenters. The van der Waals surface area contributed by atoms with Gasteiger partial charge in [-0.15, -0.1) is 0 Å². The highest BCUT2D eigenvalue weighted by molar-refractivity contribution is 5.94. The molecule has 2 heterocycles. The van der Waals surface area contributed by atoms with Gasteiger partial charge in [-0.05, 0) is 22.6 Å². The predicted octanol–water partition coefficient (Wildman–Crippen LogP) is 3.82. The number of fused-ring (bicyclic) bond motifs is 1. The third kappa shape index (κ3) is 2.86. The Bertz CT molecular complexity index is 832. The van der Waals surface area contributed by atoms with Crippen LogP contribution < -0.4 is 5.32 Å². The number of aromatic nitrogens is 2. The van der Waals surface area contributed by atoms with Crippen LogP contribution in [0.1, 0.15) is 26.2 Å². The number of nitrogens with one attached hydrogen (secondary N) is 1. The minimum Gasteiger partial charge on any atom is -0.339 e. The lowest BCUT2D eigenvalue weighted by Crippen LogP contribution is -2.24. The van der Waals surface area contributed by atoms with Gasteiger partial charge < -0.3 is 9.84 Å². The van der Waals surface area contributed by atoms with Crippen LogP contribution >= 0.6 is 0 Å². The Morgan fingerprint density at radius 2 is 2.00 bits per heavy atom. The Morgan fingerprint density at radius 1 is 1.17 bits per heavy atom. The highest BCUT2D eigenvalue weighted by Gasteiger charge is 2.31. The molecule has 0 bridgehead atoms. The smallest absolute Gasteiger partial charge is 0.228 e. The lowest BCUT2D eigenvalue weighted by atomic mass is 9.90. The van der Waals surface area contributed by atoms with Gasteiger partial charge in [-0.25, -0.2) is 0 Å². The number of benzene rings is 2. The molecular formula is C19H21N3O. The minimum atomic E-state index is 0.350. The Balaban J connectivity index is 1.60. The van der Waals surface area contributed by atoms with Gasteiger partial charge in [-0.1, -0.05) is 61.5 Å². The Labute approximate surface area is 135 Å². The van der Waals surface area contributed by atoms with Crippen LogP contribution in [0.3, 0.4) is 0 Å². The Hall–Kier alpha value is -2.20. The van der Waals surface area contributed by atoms with Gasteiger partial charge in [0.2, 0.25) is 11.7 Å². The molecule has 0 radical (unpaired) electrons. The van der Waals surface area contributed by atoms with Crippen LogP contribution in [0.25, 0.3) is 22.2 Å². The summed E-state index contributed by atoms with van der Waals surface area (Å²) in [5.74, 6) is 1.39. The summed E-state index contributed by atoms with van der Waals surface area (Å²) in [6.45, 7) is 5.62. The van der Waals surface area contributed by atoms with Crippen LogP contribution in [0.2, 0.25) is 0 Å². The van der Waals surface area contributed by atoms with Crippen molar-refractivity contribution >= 4 is 10.8 Å². The van der Waals surface area contributed by atoms with E-state index in [2.05, 4.69) is 47.5 Å². The maximum atomic E-state index is 5.50. The first-order valence-corrected chi connectivity index (χ1v) is 8.15. The van der Waals surface area contributed by atoms with E-state index in [0.29, 0.717) is 23.2 Å². The van der Waals surface area contributed by atoms with E-state index < -0.39 is 0 Å². The third-order valence-corrected chi connectivity index (χ3v) is 4.59. The predicted molar refractivity (Wildman–Crippen MR) is 91.1 cm³/mol. The molecule has 1 unspecified atom stereocenters. The molecule has 4 heteroatoms. The largest absolute Gasteiger partial charge is 0.339 e. The zero-order valence-corrected chi connectivity index (χ0v) is 13.5. The Morgan fingerprint density at radius 3 is 2.83 bits per heavy atom. The number of hydrogen-bond donors (Lipinski definition) is 1. The molecule has 1 aliphatic heterocycles. The van der Waals surface area contributed by atoms with E-state index >= 15 is 0 Å². The first kappa shape index (κ1) is 14.4. The summed E-state index contributed by atoms with van der Waals surface area (Å²) in [7, 11) is 0. The molecule has 1 fully saturated rings. The van der Waals surface area contributed by atoms with Crippen molar-refractivity contribution in [2.75, 3.05) is 6.54 Å². The second kappa shape index (κ2) is 5.46. The monoisotopic (exact) mass is 307 g/mol. The molecule has 1 aromatic heterocycles. The first-order valence-electron chi connectivity index (χ1n) is 8.15. The van der Waals surface area contributed by atoms with E-state index in [9.17, 15) is 0 Å². The SMILES string of the molecule is CC1(C)CNC(Cc2nc(-c3cccc4ccccc34)no2)C1. The second-order valence-corrected chi connectivity index (χ2v) is 7.19. The van der Waals surface area contributed by atoms with Gasteiger partial charge in [0.05, 0.1) is 0 Å². The fraction of sp³-hybridized carbons (Fsp3) is 0.368. The quantitative estimate of drug-likeness (QED) is 0.799. The summed E-state index contributed by atoms with van der Waals surface area (Å²) >= 11 is 0. The topological polar surface area (TPSA) is 51.0 Å². The van der Waals surface area contributed by atoms with Crippen molar-refractivity contribution in [3.8, 4) is 11.4 Å². The Kier molecular flexibility index (Phi) is 3.42. The van der Waals surface area contributed by atoms with E-state index in [0.717, 1.165) is 30.3 Å². The highest BCUT2D eigenvalue weighted by atomic mass is 16.5. The van der Waals surface area contributed by atoms with E-state index in [4.69, 9.17) is 4.52 Å². The molecule has 4 rings (SSSR count). The van der Waals surface area contributed by atoms with Gasteiger partial charge in [-0.3, -0.25) is 0 Å². The van der Waals surface area contributed by atoms with Crippen molar-refractivity contribution < 1.29 is 4.52 Å². The zero-order valence-electron chi connectivity index (χ0n) is 13.5. The molecule has 4 nitrogen and oxygen atoms in total. The van der Waals surface area contributed by atoms with Crippen LogP contribution in [-0.4, -0.2) is 22.7 Å². The summed E-state index contributed by atoms with van der Waals surface area (Å²) in [6.07, 6.45) is 1.93. The fourth-order valence-electron chi connectivity index (χ4n) is 3.45. The van der Waals surface area contributed by atoms with Gasteiger partial charge in [-0.2, -0.15) is 4.98 Å². The van der Waals surface area contributed by atoms with E-state index in [1.807, 2.05) is 24.3 Å². The van der Waals surface area contributed by atoms with Gasteiger partial charge in [0.15, 0.2) is 0 Å². The van der Waals surface area contributed by atoms with Crippen molar-refractivity contribution in [1.82, 2.24) is 15.5 Å². The molecular weight excluding hydrogens is 286 g/mol. The second-order valence-electron chi connectivity index (χ2n) is 7.19. The maximum Gasteiger partial charge on any atom is 0.228 e. The first-order chi connectivity index (χ1) is 11.1. The standard InChI is InChI=1S/C19H21N3O/c1-19(2)11-14(20-12-19)10-17-21-18(22-23-17)16-9-5-7-13-6-3-4-8-15(13)16/h3-9,14,20H,10-12H2,1-2H3. The van der Waals surface area contributed by atoms with Crippen molar-refractivity contribution in [2.24, 2.45) is 5.41 Å². The van der Waals surface area contributed by atoms with E-state index in [1.165, 1.54) is 5.39 Å². The van der Waals surface area contributed by atoms with E-state index in [1.54, 1.807) is 0 Å². The summed E-state index contributed by atoms with van der Waals surface area (Å²) in [4.78, 5) is 4.62. The summed E-state index contributed by atoms with van der Waals surface area (Å²) < 4.78 is 5.50. The molecule has 1 N–H and O–H groups in total. The number of rotatable bonds is 3. The maximum absolute atomic E-state index is 5.50. The van der Waals surface area contributed by atoms with Gasteiger partial charge in [0, 0.05) is 24.6 Å². The summed E-state index contributed by atoms with van der Waals surface area (Å²) in [5, 5.41) is 10.1. The van der Waals surface area contributed by atoms with Crippen molar-refractivity contribution in [2.45, 2.75) is 32.7 Å². The molecule has 0 spiro atoms. The highest BCUT2D eigenvalue weighted by Crippen LogP contribution is 2.30. The lowest BCUT2D eigenvalue weighted by Gasteiger charge is -2.14. The molecule has 118 valence electrons. The summed E-state index contributed by atoms with van der Waals surface area (Å²) in [6, 6.07) is 14.9. The molecule has 0 aliphatic carbocycles. The third-order valence-electron chi connectivity index (χ3n) is 4.59. The van der Waals surface area contributed by atoms with Gasteiger partial charge in [0.25, 0.3) is 0 Å². The minimum absolute atomic E-state index is 0.350. The normalized spacial score (nSPS) is 20.2. The number of hydrogen-bond acceptors (Lipinski definition) is 4. The van der Waals surface area contributed by atoms with E-state index in [-0.39, 0.29) is 0 Å². The molecule has 1 aliphatic rings. The van der Waals surface area contributed by atoms with Gasteiger partial charge >= 0.3 is 0 Å². The van der Waals surface area contributed by atoms with Crippen molar-refractivity contribution in [1.29, 1.82) is 0 Å². The molecule has 1 saturated heterocycles. The molecule has 0 saturated carbocycles. The molecule has 2 aromatic carbocycles. The van der Waals surface area contributed by atoms with Crippen LogP contribution in [0.15, 0.2) is 47.0 Å². The van der Waals surface area contributed by atoms with Crippen molar-refractivity contribution in [3.63, 3.8) is 0 Å². The molecule has 0 amide bonds. The average molecular weight is 307 g/mol.